The topological polar surface area (TPSA) is 20.3 Å². The van der Waals surface area contributed by atoms with Crippen LogP contribution in [-0.2, 0) is 4.79 Å². The van der Waals surface area contributed by atoms with Crippen LogP contribution in [0.3, 0.4) is 0 Å². The van der Waals surface area contributed by atoms with E-state index in [0.717, 1.165) is 19.3 Å². The summed E-state index contributed by atoms with van der Waals surface area (Å²) in [7, 11) is 1.53. The molecule has 0 atom stereocenters. The van der Waals surface area contributed by atoms with Crippen molar-refractivity contribution >= 4 is 17.5 Å². The third-order valence-electron chi connectivity index (χ3n) is 2.18. The van der Waals surface area contributed by atoms with Crippen LogP contribution in [-0.4, -0.2) is 36.5 Å². The van der Waals surface area contributed by atoms with Gasteiger partial charge in [-0.25, -0.2) is 0 Å². The predicted molar refractivity (Wildman–Crippen MR) is 57.5 cm³/mol. The van der Waals surface area contributed by atoms with E-state index in [4.69, 9.17) is 11.6 Å². The molecule has 16 heavy (non-hydrogen) atoms. The van der Waals surface area contributed by atoms with Gasteiger partial charge >= 0.3 is 6.18 Å². The molecule has 0 aliphatic carbocycles. The summed E-state index contributed by atoms with van der Waals surface area (Å²) >= 11 is 5.47. The number of nitrogens with zero attached hydrogens (tertiary/aromatic N) is 1. The molecular weight excluding hydrogens is 243 g/mol. The molecule has 0 aromatic rings. The van der Waals surface area contributed by atoms with Gasteiger partial charge < -0.3 is 4.90 Å². The number of carbonyl (C=O) groups is 1. The van der Waals surface area contributed by atoms with Crippen molar-refractivity contribution in [3.8, 4) is 0 Å². The Morgan fingerprint density at radius 3 is 2.38 bits per heavy atom. The van der Waals surface area contributed by atoms with Crippen molar-refractivity contribution in [2.24, 2.45) is 0 Å². The molecule has 2 nitrogen and oxygen atoms in total. The summed E-state index contributed by atoms with van der Waals surface area (Å²) in [6, 6.07) is 0. The van der Waals surface area contributed by atoms with Crippen molar-refractivity contribution in [3.05, 3.63) is 0 Å². The minimum absolute atomic E-state index is 0.455. The highest BCUT2D eigenvalue weighted by Gasteiger charge is 2.28. The molecule has 0 aromatic heterocycles. The monoisotopic (exact) mass is 259 g/mol. The second kappa shape index (κ2) is 7.76. The highest BCUT2D eigenvalue weighted by molar-refractivity contribution is 6.17. The quantitative estimate of drug-likeness (QED) is 0.508. The molecule has 0 saturated carbocycles. The van der Waals surface area contributed by atoms with Crippen LogP contribution in [0.1, 0.15) is 32.1 Å². The van der Waals surface area contributed by atoms with Gasteiger partial charge in [0.25, 0.3) is 0 Å². The van der Waals surface area contributed by atoms with Gasteiger partial charge in [0, 0.05) is 25.9 Å². The lowest BCUT2D eigenvalue weighted by molar-refractivity contribution is -0.148. The third kappa shape index (κ3) is 8.83. The van der Waals surface area contributed by atoms with E-state index in [9.17, 15) is 18.0 Å². The summed E-state index contributed by atoms with van der Waals surface area (Å²) in [5.41, 5.74) is 0. The van der Waals surface area contributed by atoms with Gasteiger partial charge in [-0.05, 0) is 12.8 Å². The molecule has 0 bridgehead atoms. The number of amides is 1. The minimum atomic E-state index is -4.25. The Kier molecular flexibility index (Phi) is 7.55. The zero-order valence-corrected chi connectivity index (χ0v) is 10.1. The highest BCUT2D eigenvalue weighted by atomic mass is 35.5. The van der Waals surface area contributed by atoms with E-state index < -0.39 is 24.9 Å². The average molecular weight is 260 g/mol. The fraction of sp³-hybridized carbons (Fsp3) is 0.900. The zero-order chi connectivity index (χ0) is 12.6. The lowest BCUT2D eigenvalue weighted by Gasteiger charge is -2.17. The Bertz CT molecular complexity index is 209. The summed E-state index contributed by atoms with van der Waals surface area (Å²) in [5.74, 6) is 0.120. The van der Waals surface area contributed by atoms with Crippen molar-refractivity contribution in [2.45, 2.75) is 38.3 Å². The number of rotatable bonds is 7. The molecule has 0 unspecified atom stereocenters. The van der Waals surface area contributed by atoms with E-state index in [-0.39, 0.29) is 0 Å². The van der Waals surface area contributed by atoms with Crippen LogP contribution in [0.15, 0.2) is 0 Å². The highest BCUT2D eigenvalue weighted by Crippen LogP contribution is 2.21. The minimum Gasteiger partial charge on any atom is -0.346 e. The molecule has 0 aliphatic heterocycles. The largest absolute Gasteiger partial charge is 0.389 e. The molecule has 0 saturated heterocycles. The summed E-state index contributed by atoms with van der Waals surface area (Å²) in [6.07, 6.45) is -3.23. The van der Waals surface area contributed by atoms with Gasteiger partial charge in [0.05, 0.1) is 6.42 Å². The molecule has 0 fully saturated rings. The number of alkyl halides is 4. The molecule has 0 aromatic carbocycles. The maximum absolute atomic E-state index is 11.8. The molecule has 0 heterocycles. The van der Waals surface area contributed by atoms with Crippen molar-refractivity contribution in [2.75, 3.05) is 19.5 Å². The average Bonchev–Trinajstić information content (AvgIpc) is 2.19. The molecule has 0 spiro atoms. The van der Waals surface area contributed by atoms with E-state index in [0.29, 0.717) is 12.4 Å². The lowest BCUT2D eigenvalue weighted by atomic mass is 10.2. The predicted octanol–water partition coefficient (Wildman–Crippen LogP) is 3.20. The summed E-state index contributed by atoms with van der Waals surface area (Å²) in [6.45, 7) is 0.494. The van der Waals surface area contributed by atoms with Crippen LogP contribution in [0.4, 0.5) is 13.2 Å². The number of hydrogen-bond acceptors (Lipinski definition) is 1. The van der Waals surface area contributed by atoms with Crippen LogP contribution in [0.5, 0.6) is 0 Å². The fourth-order valence-electron chi connectivity index (χ4n) is 1.18. The molecule has 1 amide bonds. The maximum Gasteiger partial charge on any atom is 0.389 e. The van der Waals surface area contributed by atoms with E-state index in [1.807, 2.05) is 0 Å². The number of hydrogen-bond donors (Lipinski definition) is 0. The fourth-order valence-corrected chi connectivity index (χ4v) is 1.37. The van der Waals surface area contributed by atoms with E-state index >= 15 is 0 Å². The van der Waals surface area contributed by atoms with Crippen LogP contribution in [0, 0.1) is 0 Å². The van der Waals surface area contributed by atoms with Crippen LogP contribution < -0.4 is 0 Å². The Labute approximate surface area is 98.7 Å². The number of unbranched alkanes of at least 4 members (excludes halogenated alkanes) is 2. The molecule has 0 radical (unpaired) electrons. The summed E-state index contributed by atoms with van der Waals surface area (Å²) < 4.78 is 35.5. The number of halogens is 4. The lowest BCUT2D eigenvalue weighted by Crippen LogP contribution is -2.28. The molecule has 0 rings (SSSR count). The van der Waals surface area contributed by atoms with Gasteiger partial charge in [-0.15, -0.1) is 11.6 Å². The van der Waals surface area contributed by atoms with Gasteiger partial charge in [-0.3, -0.25) is 4.79 Å². The van der Waals surface area contributed by atoms with E-state index in [1.54, 1.807) is 0 Å². The third-order valence-corrected chi connectivity index (χ3v) is 2.44. The van der Waals surface area contributed by atoms with Crippen LogP contribution in [0.2, 0.25) is 0 Å². The maximum atomic E-state index is 11.8. The van der Waals surface area contributed by atoms with Gasteiger partial charge in [0.1, 0.15) is 0 Å². The van der Waals surface area contributed by atoms with Crippen molar-refractivity contribution in [1.29, 1.82) is 0 Å². The van der Waals surface area contributed by atoms with Crippen molar-refractivity contribution < 1.29 is 18.0 Å². The molecule has 0 N–H and O–H groups in total. The Morgan fingerprint density at radius 1 is 1.25 bits per heavy atom. The van der Waals surface area contributed by atoms with Crippen LogP contribution in [0.25, 0.3) is 0 Å². The van der Waals surface area contributed by atoms with Crippen molar-refractivity contribution in [1.82, 2.24) is 4.90 Å². The number of carbonyl (C=O) groups excluding carboxylic acids is 1. The molecule has 96 valence electrons. The van der Waals surface area contributed by atoms with Gasteiger partial charge in [-0.2, -0.15) is 13.2 Å². The smallest absolute Gasteiger partial charge is 0.346 e. The second-order valence-electron chi connectivity index (χ2n) is 3.68. The van der Waals surface area contributed by atoms with Gasteiger partial charge in [-0.1, -0.05) is 6.42 Å². The van der Waals surface area contributed by atoms with Gasteiger partial charge in [0.15, 0.2) is 0 Å². The Balaban J connectivity index is 3.65. The summed E-state index contributed by atoms with van der Waals surface area (Å²) in [4.78, 5) is 12.6. The molecule has 0 aliphatic rings. The normalized spacial score (nSPS) is 11.6. The first kappa shape index (κ1) is 15.6. The Morgan fingerprint density at radius 2 is 1.88 bits per heavy atom. The van der Waals surface area contributed by atoms with Gasteiger partial charge in [0.2, 0.25) is 5.91 Å². The SMILES string of the molecule is CN(CCCCCCl)C(=O)CCC(F)(F)F. The summed E-state index contributed by atoms with van der Waals surface area (Å²) in [5, 5.41) is 0. The second-order valence-corrected chi connectivity index (χ2v) is 4.06. The standard InChI is InChI=1S/C10H17ClF3NO/c1-15(8-4-2-3-7-11)9(16)5-6-10(12,13)14/h2-8H2,1H3. The van der Waals surface area contributed by atoms with Crippen LogP contribution >= 0.6 is 11.6 Å². The van der Waals surface area contributed by atoms with E-state index in [2.05, 4.69) is 0 Å². The van der Waals surface area contributed by atoms with E-state index in [1.165, 1.54) is 11.9 Å². The first-order valence-electron chi connectivity index (χ1n) is 5.23. The first-order chi connectivity index (χ1) is 7.37. The Hall–Kier alpha value is -0.450. The molecular formula is C10H17ClF3NO. The molecule has 6 heteroatoms. The first-order valence-corrected chi connectivity index (χ1v) is 5.77. The van der Waals surface area contributed by atoms with Crippen molar-refractivity contribution in [3.63, 3.8) is 0 Å². The zero-order valence-electron chi connectivity index (χ0n) is 9.32.